The Kier molecular flexibility index (Phi) is 12.3. The first-order chi connectivity index (χ1) is 10.7. The van der Waals surface area contributed by atoms with Crippen LogP contribution in [-0.2, 0) is 11.2 Å². The van der Waals surface area contributed by atoms with Crippen LogP contribution in [0.3, 0.4) is 0 Å². The molecule has 0 spiro atoms. The molecule has 7 heteroatoms. The van der Waals surface area contributed by atoms with E-state index < -0.39 is 0 Å². The van der Waals surface area contributed by atoms with Crippen molar-refractivity contribution >= 4 is 35.8 Å². The highest BCUT2D eigenvalue weighted by Gasteiger charge is 2.04. The Morgan fingerprint density at radius 2 is 1.91 bits per heavy atom. The van der Waals surface area contributed by atoms with Gasteiger partial charge in [0, 0.05) is 26.2 Å². The van der Waals surface area contributed by atoms with Crippen LogP contribution >= 0.6 is 24.0 Å². The van der Waals surface area contributed by atoms with E-state index in [1.54, 1.807) is 12.1 Å². The Hall–Kier alpha value is -1.38. The second kappa shape index (κ2) is 13.1. The quantitative estimate of drug-likeness (QED) is 0.253. The minimum absolute atomic E-state index is 0. The third kappa shape index (κ3) is 10.1. The lowest BCUT2D eigenvalue weighted by Gasteiger charge is -2.11. The van der Waals surface area contributed by atoms with Crippen molar-refractivity contribution in [3.63, 3.8) is 0 Å². The number of guanidine groups is 1. The topological polar surface area (TPSA) is 65.5 Å². The van der Waals surface area contributed by atoms with Crippen LogP contribution in [-0.4, -0.2) is 38.0 Å². The molecule has 0 saturated carbocycles. The Balaban J connectivity index is 0.00000484. The summed E-state index contributed by atoms with van der Waals surface area (Å²) in [4.78, 5) is 16.1. The highest BCUT2D eigenvalue weighted by Crippen LogP contribution is 2.03. The van der Waals surface area contributed by atoms with Crippen LogP contribution in [0.2, 0.25) is 0 Å². The summed E-state index contributed by atoms with van der Waals surface area (Å²) in [6.07, 6.45) is 1.17. The van der Waals surface area contributed by atoms with Gasteiger partial charge in [-0.25, -0.2) is 4.39 Å². The first-order valence-corrected chi connectivity index (χ1v) is 7.69. The molecule has 0 aromatic heterocycles. The smallest absolute Gasteiger partial charge is 0.224 e. The highest BCUT2D eigenvalue weighted by atomic mass is 127. The fraction of sp³-hybridized carbons (Fsp3) is 0.500. The lowest BCUT2D eigenvalue weighted by Crippen LogP contribution is -2.41. The van der Waals surface area contributed by atoms with Gasteiger partial charge in [0.2, 0.25) is 5.91 Å². The van der Waals surface area contributed by atoms with Gasteiger partial charge in [-0.3, -0.25) is 9.79 Å². The van der Waals surface area contributed by atoms with Crippen LogP contribution in [0.1, 0.15) is 25.8 Å². The van der Waals surface area contributed by atoms with Gasteiger partial charge in [-0.05, 0) is 31.0 Å². The van der Waals surface area contributed by atoms with Crippen LogP contribution in [0.4, 0.5) is 4.39 Å². The highest BCUT2D eigenvalue weighted by molar-refractivity contribution is 14.0. The lowest BCUT2D eigenvalue weighted by molar-refractivity contribution is -0.120. The number of nitrogens with zero attached hydrogens (tertiary/aromatic N) is 1. The van der Waals surface area contributed by atoms with E-state index in [1.807, 2.05) is 6.92 Å². The minimum atomic E-state index is -0.325. The van der Waals surface area contributed by atoms with Gasteiger partial charge in [0.25, 0.3) is 0 Å². The van der Waals surface area contributed by atoms with E-state index in [0.717, 1.165) is 25.5 Å². The van der Waals surface area contributed by atoms with Crippen molar-refractivity contribution in [2.45, 2.75) is 26.7 Å². The average Bonchev–Trinajstić information content (AvgIpc) is 2.49. The number of hydrogen-bond acceptors (Lipinski definition) is 2. The summed E-state index contributed by atoms with van der Waals surface area (Å²) in [6.45, 7) is 6.71. The molecule has 0 saturated heterocycles. The number of halogens is 2. The van der Waals surface area contributed by atoms with Crippen LogP contribution < -0.4 is 16.0 Å². The number of rotatable bonds is 8. The van der Waals surface area contributed by atoms with Gasteiger partial charge < -0.3 is 16.0 Å². The fourth-order valence-electron chi connectivity index (χ4n) is 1.84. The number of hydrogen-bond donors (Lipinski definition) is 3. The number of nitrogens with one attached hydrogen (secondary N) is 3. The molecule has 0 aliphatic heterocycles. The molecular weight excluding hydrogens is 410 g/mol. The normalized spacial score (nSPS) is 10.7. The average molecular weight is 436 g/mol. The maximum absolute atomic E-state index is 13.0. The monoisotopic (exact) mass is 436 g/mol. The lowest BCUT2D eigenvalue weighted by atomic mass is 10.1. The van der Waals surface area contributed by atoms with Crippen molar-refractivity contribution in [3.8, 4) is 0 Å². The molecule has 0 radical (unpaired) electrons. The predicted molar refractivity (Wildman–Crippen MR) is 103 cm³/mol. The molecule has 1 aromatic rings. The number of carbonyl (C=O) groups excluding carboxylic acids is 1. The Morgan fingerprint density at radius 1 is 1.17 bits per heavy atom. The van der Waals surface area contributed by atoms with E-state index in [4.69, 9.17) is 0 Å². The first-order valence-electron chi connectivity index (χ1n) is 7.69. The molecular formula is C16H26FIN4O. The standard InChI is InChI=1S/C16H25FN4O.HI/c1-3-8-20-16(18-4-2)21-10-9-19-15(22)12-13-6-5-7-14(17)11-13;/h5-7,11H,3-4,8-10,12H2,1-2H3,(H,19,22)(H2,18,20,21);1H. The Bertz CT molecular complexity index is 497. The summed E-state index contributed by atoms with van der Waals surface area (Å²) < 4.78 is 13.0. The molecule has 5 nitrogen and oxygen atoms in total. The van der Waals surface area contributed by atoms with Gasteiger partial charge >= 0.3 is 0 Å². The zero-order valence-electron chi connectivity index (χ0n) is 13.7. The van der Waals surface area contributed by atoms with Crippen molar-refractivity contribution < 1.29 is 9.18 Å². The van der Waals surface area contributed by atoms with Gasteiger partial charge in [0.1, 0.15) is 5.82 Å². The summed E-state index contributed by atoms with van der Waals surface area (Å²) in [5.74, 6) is 0.306. The third-order valence-corrected chi connectivity index (χ3v) is 2.83. The number of benzene rings is 1. The van der Waals surface area contributed by atoms with E-state index in [9.17, 15) is 9.18 Å². The predicted octanol–water partition coefficient (Wildman–Crippen LogP) is 2.07. The van der Waals surface area contributed by atoms with Crippen LogP contribution in [0.25, 0.3) is 0 Å². The molecule has 1 aromatic carbocycles. The Morgan fingerprint density at radius 3 is 2.57 bits per heavy atom. The van der Waals surface area contributed by atoms with Crippen molar-refractivity contribution in [1.82, 2.24) is 16.0 Å². The summed E-state index contributed by atoms with van der Waals surface area (Å²) >= 11 is 0. The second-order valence-corrected chi connectivity index (χ2v) is 4.84. The summed E-state index contributed by atoms with van der Waals surface area (Å²) in [7, 11) is 0. The SMILES string of the molecule is CCCN=C(NCC)NCCNC(=O)Cc1cccc(F)c1.I. The van der Waals surface area contributed by atoms with Crippen molar-refractivity contribution in [2.75, 3.05) is 26.2 Å². The van der Waals surface area contributed by atoms with Crippen molar-refractivity contribution in [3.05, 3.63) is 35.6 Å². The van der Waals surface area contributed by atoms with Crippen molar-refractivity contribution in [1.29, 1.82) is 0 Å². The van der Waals surface area contributed by atoms with Crippen molar-refractivity contribution in [2.24, 2.45) is 4.99 Å². The van der Waals surface area contributed by atoms with Gasteiger partial charge in [0.05, 0.1) is 6.42 Å². The third-order valence-electron chi connectivity index (χ3n) is 2.83. The number of carbonyl (C=O) groups is 1. The molecule has 0 heterocycles. The first kappa shape index (κ1) is 21.6. The molecule has 0 fully saturated rings. The van der Waals surface area contributed by atoms with Crippen LogP contribution in [0, 0.1) is 5.82 Å². The van der Waals surface area contributed by atoms with Gasteiger partial charge in [0.15, 0.2) is 5.96 Å². The van der Waals surface area contributed by atoms with Gasteiger partial charge in [-0.2, -0.15) is 0 Å². The van der Waals surface area contributed by atoms with E-state index in [-0.39, 0.29) is 42.1 Å². The molecule has 0 unspecified atom stereocenters. The molecule has 23 heavy (non-hydrogen) atoms. The fourth-order valence-corrected chi connectivity index (χ4v) is 1.84. The van der Waals surface area contributed by atoms with Gasteiger partial charge in [-0.15, -0.1) is 24.0 Å². The van der Waals surface area contributed by atoms with E-state index >= 15 is 0 Å². The number of aliphatic imine (C=N–C) groups is 1. The Labute approximate surface area is 154 Å². The molecule has 130 valence electrons. The minimum Gasteiger partial charge on any atom is -0.357 e. The number of amides is 1. The van der Waals surface area contributed by atoms with E-state index in [1.165, 1.54) is 12.1 Å². The molecule has 0 bridgehead atoms. The molecule has 3 N–H and O–H groups in total. The van der Waals surface area contributed by atoms with Crippen LogP contribution in [0.5, 0.6) is 0 Å². The summed E-state index contributed by atoms with van der Waals surface area (Å²) in [6, 6.07) is 6.08. The van der Waals surface area contributed by atoms with E-state index in [2.05, 4.69) is 27.9 Å². The molecule has 0 aliphatic carbocycles. The second-order valence-electron chi connectivity index (χ2n) is 4.84. The maximum atomic E-state index is 13.0. The van der Waals surface area contributed by atoms with Crippen LogP contribution in [0.15, 0.2) is 29.3 Å². The van der Waals surface area contributed by atoms with E-state index in [0.29, 0.717) is 18.7 Å². The molecule has 0 aliphatic rings. The molecule has 0 atom stereocenters. The maximum Gasteiger partial charge on any atom is 0.224 e. The molecule has 1 rings (SSSR count). The molecule has 1 amide bonds. The largest absolute Gasteiger partial charge is 0.357 e. The summed E-state index contributed by atoms with van der Waals surface area (Å²) in [5.41, 5.74) is 0.670. The van der Waals surface area contributed by atoms with Gasteiger partial charge in [-0.1, -0.05) is 19.1 Å². The zero-order chi connectivity index (χ0) is 16.2. The summed E-state index contributed by atoms with van der Waals surface area (Å²) in [5, 5.41) is 9.08. The zero-order valence-corrected chi connectivity index (χ0v) is 16.0.